The average Bonchev–Trinajstić information content (AvgIpc) is 2.41. The number of aromatic nitrogens is 1. The van der Waals surface area contributed by atoms with Gasteiger partial charge in [0.05, 0.1) is 6.10 Å². The van der Waals surface area contributed by atoms with Gasteiger partial charge in [0.2, 0.25) is 0 Å². The van der Waals surface area contributed by atoms with Crippen molar-refractivity contribution in [3.8, 4) is 5.75 Å². The summed E-state index contributed by atoms with van der Waals surface area (Å²) in [4.78, 5) is 4.42. The maximum atomic E-state index is 5.87. The lowest BCUT2D eigenvalue weighted by atomic mass is 9.84. The summed E-state index contributed by atoms with van der Waals surface area (Å²) in [6.45, 7) is 4.80. The molecule has 0 amide bonds. The van der Waals surface area contributed by atoms with Crippen LogP contribution in [0.5, 0.6) is 5.75 Å². The molecule has 4 heteroatoms. The molecule has 1 aliphatic carbocycles. The van der Waals surface area contributed by atoms with E-state index in [2.05, 4.69) is 10.3 Å². The van der Waals surface area contributed by atoms with E-state index in [9.17, 15) is 0 Å². The minimum absolute atomic E-state index is 0.154. The Hall–Kier alpha value is -1.29. The van der Waals surface area contributed by atoms with E-state index in [0.717, 1.165) is 18.1 Å². The fourth-order valence-corrected chi connectivity index (χ4v) is 2.70. The quantitative estimate of drug-likeness (QED) is 0.857. The van der Waals surface area contributed by atoms with Gasteiger partial charge in [0.15, 0.2) is 11.6 Å². The summed E-state index contributed by atoms with van der Waals surface area (Å²) in [5, 5.41) is 3.54. The Morgan fingerprint density at radius 3 is 2.95 bits per heavy atom. The van der Waals surface area contributed by atoms with Crippen molar-refractivity contribution in [3.63, 3.8) is 0 Å². The number of nitrogens with zero attached hydrogens (tertiary/aromatic N) is 1. The van der Waals surface area contributed by atoms with E-state index < -0.39 is 0 Å². The molecular weight excluding hydrogens is 238 g/mol. The monoisotopic (exact) mass is 263 g/mol. The number of pyridine rings is 1. The molecule has 0 saturated heterocycles. The minimum atomic E-state index is 0.154. The Balaban J connectivity index is 2.08. The van der Waals surface area contributed by atoms with Crippen LogP contribution in [0.25, 0.3) is 0 Å². The lowest BCUT2D eigenvalue weighted by molar-refractivity contribution is 0.242. The van der Waals surface area contributed by atoms with Crippen LogP contribution in [-0.2, 0) is 0 Å². The van der Waals surface area contributed by atoms with Crippen LogP contribution in [0.1, 0.15) is 39.5 Å². The number of rotatable bonds is 5. The van der Waals surface area contributed by atoms with Crippen molar-refractivity contribution in [2.75, 3.05) is 11.9 Å². The van der Waals surface area contributed by atoms with Gasteiger partial charge in [-0.15, -0.1) is 0 Å². The molecule has 1 saturated carbocycles. The second-order valence-electron chi connectivity index (χ2n) is 5.55. The molecule has 1 heterocycles. The van der Waals surface area contributed by atoms with Crippen LogP contribution < -0.4 is 15.8 Å². The molecule has 2 unspecified atom stereocenters. The summed E-state index contributed by atoms with van der Waals surface area (Å²) < 4.78 is 5.80. The SMILES string of the molecule is CC(C)Oc1cccnc1NC1CCCCC1CN. The number of anilines is 1. The van der Waals surface area contributed by atoms with Gasteiger partial charge in [-0.1, -0.05) is 12.8 Å². The van der Waals surface area contributed by atoms with Gasteiger partial charge < -0.3 is 15.8 Å². The van der Waals surface area contributed by atoms with Crippen LogP contribution in [-0.4, -0.2) is 23.7 Å². The summed E-state index contributed by atoms with van der Waals surface area (Å²) in [7, 11) is 0. The molecule has 0 bridgehead atoms. The maximum Gasteiger partial charge on any atom is 0.168 e. The molecule has 0 radical (unpaired) electrons. The highest BCUT2D eigenvalue weighted by atomic mass is 16.5. The van der Waals surface area contributed by atoms with Gasteiger partial charge in [0, 0.05) is 12.2 Å². The molecule has 1 fully saturated rings. The third-order valence-electron chi connectivity index (χ3n) is 3.67. The molecule has 3 N–H and O–H groups in total. The minimum Gasteiger partial charge on any atom is -0.487 e. The number of hydrogen-bond acceptors (Lipinski definition) is 4. The standard InChI is InChI=1S/C15H25N3O/c1-11(2)19-14-8-5-9-17-15(14)18-13-7-4-3-6-12(13)10-16/h5,8-9,11-13H,3-4,6-7,10,16H2,1-2H3,(H,17,18). The lowest BCUT2D eigenvalue weighted by Gasteiger charge is -2.32. The van der Waals surface area contributed by atoms with Gasteiger partial charge in [0.1, 0.15) is 0 Å². The first-order valence-electron chi connectivity index (χ1n) is 7.29. The highest BCUT2D eigenvalue weighted by Gasteiger charge is 2.25. The van der Waals surface area contributed by atoms with Crippen molar-refractivity contribution in [2.45, 2.75) is 51.7 Å². The van der Waals surface area contributed by atoms with Gasteiger partial charge in [-0.25, -0.2) is 4.98 Å². The van der Waals surface area contributed by atoms with Crippen LogP contribution >= 0.6 is 0 Å². The van der Waals surface area contributed by atoms with Crippen molar-refractivity contribution in [2.24, 2.45) is 11.7 Å². The summed E-state index contributed by atoms with van der Waals surface area (Å²) in [5.74, 6) is 2.23. The van der Waals surface area contributed by atoms with E-state index in [4.69, 9.17) is 10.5 Å². The predicted octanol–water partition coefficient (Wildman–Crippen LogP) is 2.80. The first-order valence-corrected chi connectivity index (χ1v) is 7.29. The van der Waals surface area contributed by atoms with E-state index in [1.807, 2.05) is 26.0 Å². The van der Waals surface area contributed by atoms with Gasteiger partial charge >= 0.3 is 0 Å². The molecule has 1 aromatic heterocycles. The molecule has 0 aromatic carbocycles. The largest absolute Gasteiger partial charge is 0.487 e. The van der Waals surface area contributed by atoms with E-state index in [1.54, 1.807) is 6.20 Å². The van der Waals surface area contributed by atoms with E-state index in [-0.39, 0.29) is 6.10 Å². The second-order valence-corrected chi connectivity index (χ2v) is 5.55. The van der Waals surface area contributed by atoms with Crippen molar-refractivity contribution < 1.29 is 4.74 Å². The number of nitrogens with two attached hydrogens (primary N) is 1. The zero-order valence-electron chi connectivity index (χ0n) is 11.9. The third kappa shape index (κ3) is 3.83. The molecule has 0 aliphatic heterocycles. The maximum absolute atomic E-state index is 5.87. The van der Waals surface area contributed by atoms with Crippen molar-refractivity contribution in [3.05, 3.63) is 18.3 Å². The molecule has 2 atom stereocenters. The van der Waals surface area contributed by atoms with Crippen LogP contribution in [0.4, 0.5) is 5.82 Å². The summed E-state index contributed by atoms with van der Waals surface area (Å²) in [6.07, 6.45) is 6.89. The van der Waals surface area contributed by atoms with Crippen molar-refractivity contribution in [1.82, 2.24) is 4.98 Å². The number of hydrogen-bond donors (Lipinski definition) is 2. The Morgan fingerprint density at radius 2 is 2.21 bits per heavy atom. The number of ether oxygens (including phenoxy) is 1. The molecule has 0 spiro atoms. The molecule has 2 rings (SSSR count). The Bertz CT molecular complexity index is 395. The number of nitrogens with one attached hydrogen (secondary N) is 1. The van der Waals surface area contributed by atoms with Gasteiger partial charge in [0.25, 0.3) is 0 Å². The Kier molecular flexibility index (Phi) is 5.02. The molecule has 1 aliphatic rings. The normalized spacial score (nSPS) is 23.4. The van der Waals surface area contributed by atoms with Gasteiger partial charge in [-0.05, 0) is 51.3 Å². The van der Waals surface area contributed by atoms with Crippen LogP contribution in [0.2, 0.25) is 0 Å². The highest BCUT2D eigenvalue weighted by molar-refractivity contribution is 5.50. The van der Waals surface area contributed by atoms with Crippen LogP contribution in [0.3, 0.4) is 0 Å². The molecule has 4 nitrogen and oxygen atoms in total. The summed E-state index contributed by atoms with van der Waals surface area (Å²) in [5.41, 5.74) is 5.87. The summed E-state index contributed by atoms with van der Waals surface area (Å²) in [6, 6.07) is 4.29. The molecule has 106 valence electrons. The highest BCUT2D eigenvalue weighted by Crippen LogP contribution is 2.29. The molecule has 19 heavy (non-hydrogen) atoms. The molecular formula is C15H25N3O. The van der Waals surface area contributed by atoms with Crippen LogP contribution in [0, 0.1) is 5.92 Å². The first-order chi connectivity index (χ1) is 9.20. The fraction of sp³-hybridized carbons (Fsp3) is 0.667. The van der Waals surface area contributed by atoms with E-state index in [0.29, 0.717) is 12.0 Å². The molecule has 1 aromatic rings. The average molecular weight is 263 g/mol. The Morgan fingerprint density at radius 1 is 1.42 bits per heavy atom. The summed E-state index contributed by atoms with van der Waals surface area (Å²) >= 11 is 0. The lowest BCUT2D eigenvalue weighted by Crippen LogP contribution is -2.37. The zero-order valence-corrected chi connectivity index (χ0v) is 11.9. The van der Waals surface area contributed by atoms with Crippen LogP contribution in [0.15, 0.2) is 18.3 Å². The zero-order chi connectivity index (χ0) is 13.7. The van der Waals surface area contributed by atoms with Crippen molar-refractivity contribution in [1.29, 1.82) is 0 Å². The van der Waals surface area contributed by atoms with Gasteiger partial charge in [-0.3, -0.25) is 0 Å². The van der Waals surface area contributed by atoms with Gasteiger partial charge in [-0.2, -0.15) is 0 Å². The van der Waals surface area contributed by atoms with E-state index >= 15 is 0 Å². The fourth-order valence-electron chi connectivity index (χ4n) is 2.70. The van der Waals surface area contributed by atoms with E-state index in [1.165, 1.54) is 25.7 Å². The third-order valence-corrected chi connectivity index (χ3v) is 3.67. The predicted molar refractivity (Wildman–Crippen MR) is 78.4 cm³/mol. The van der Waals surface area contributed by atoms with Crippen molar-refractivity contribution >= 4 is 5.82 Å². The first kappa shape index (κ1) is 14.1. The Labute approximate surface area is 115 Å². The smallest absolute Gasteiger partial charge is 0.168 e. The second kappa shape index (κ2) is 6.75. The topological polar surface area (TPSA) is 60.2 Å².